The van der Waals surface area contributed by atoms with E-state index in [-0.39, 0.29) is 29.3 Å². The van der Waals surface area contributed by atoms with Gasteiger partial charge in [0.25, 0.3) is 5.91 Å². The number of benzene rings is 1. The van der Waals surface area contributed by atoms with Gasteiger partial charge in [0, 0.05) is 36.6 Å². The van der Waals surface area contributed by atoms with Crippen LogP contribution in [-0.4, -0.2) is 34.6 Å². The Morgan fingerprint density at radius 2 is 1.91 bits per heavy atom. The van der Waals surface area contributed by atoms with Crippen LogP contribution in [0.15, 0.2) is 66.4 Å². The molecule has 1 N–H and O–H groups in total. The van der Waals surface area contributed by atoms with Crippen molar-refractivity contribution < 1.29 is 14.3 Å². The first kappa shape index (κ1) is 22.0. The van der Waals surface area contributed by atoms with Crippen molar-refractivity contribution in [3.63, 3.8) is 0 Å². The molecule has 1 spiro atoms. The molecule has 178 valence electrons. The van der Waals surface area contributed by atoms with Crippen molar-refractivity contribution in [2.75, 3.05) is 7.11 Å². The third-order valence-corrected chi connectivity index (χ3v) is 8.56. The summed E-state index contributed by atoms with van der Waals surface area (Å²) >= 11 is 1.61. The lowest BCUT2D eigenvalue weighted by Gasteiger charge is -2.56. The maximum atomic E-state index is 13.2. The van der Waals surface area contributed by atoms with E-state index in [1.165, 1.54) is 12.7 Å². The first-order valence-corrected chi connectivity index (χ1v) is 12.9. The van der Waals surface area contributed by atoms with Crippen LogP contribution in [0.2, 0.25) is 0 Å². The smallest absolute Gasteiger partial charge is 0.308 e. The monoisotopic (exact) mass is 485 g/mol. The second-order valence-electron chi connectivity index (χ2n) is 9.95. The number of ether oxygens (including phenoxy) is 1. The van der Waals surface area contributed by atoms with Gasteiger partial charge in [0.2, 0.25) is 0 Å². The number of pyridine rings is 1. The van der Waals surface area contributed by atoms with Crippen LogP contribution in [-0.2, 0) is 16.1 Å². The van der Waals surface area contributed by atoms with Crippen LogP contribution in [0.3, 0.4) is 0 Å². The minimum absolute atomic E-state index is 0.00758. The Morgan fingerprint density at radius 3 is 2.63 bits per heavy atom. The molecule has 3 aromatic heterocycles. The first-order chi connectivity index (χ1) is 17.0. The van der Waals surface area contributed by atoms with Gasteiger partial charge < -0.3 is 14.6 Å². The topological polar surface area (TPSA) is 73.2 Å². The number of thiophene rings is 1. The molecule has 2 aliphatic rings. The van der Waals surface area contributed by atoms with Crippen LogP contribution < -0.4 is 5.32 Å². The van der Waals surface area contributed by atoms with Crippen molar-refractivity contribution in [2.24, 2.45) is 11.3 Å². The Balaban J connectivity index is 1.12. The van der Waals surface area contributed by atoms with Crippen molar-refractivity contribution >= 4 is 33.4 Å². The summed E-state index contributed by atoms with van der Waals surface area (Å²) in [5.74, 6) is -0.0714. The molecule has 1 amide bonds. The summed E-state index contributed by atoms with van der Waals surface area (Å²) in [5, 5.41) is 5.20. The van der Waals surface area contributed by atoms with E-state index >= 15 is 0 Å². The van der Waals surface area contributed by atoms with E-state index in [0.29, 0.717) is 6.54 Å². The Hall–Kier alpha value is -3.45. The lowest BCUT2D eigenvalue weighted by Crippen LogP contribution is -2.57. The molecule has 4 aromatic rings. The quantitative estimate of drug-likeness (QED) is 0.378. The highest BCUT2D eigenvalue weighted by molar-refractivity contribution is 7.17. The molecular weight excluding hydrogens is 458 g/mol. The molecule has 6 nitrogen and oxygen atoms in total. The summed E-state index contributed by atoms with van der Waals surface area (Å²) in [6.07, 6.45) is 9.38. The molecule has 0 saturated heterocycles. The highest BCUT2D eigenvalue weighted by Gasteiger charge is 2.55. The Morgan fingerprint density at radius 1 is 1.11 bits per heavy atom. The maximum absolute atomic E-state index is 13.2. The van der Waals surface area contributed by atoms with Crippen molar-refractivity contribution in [1.29, 1.82) is 0 Å². The summed E-state index contributed by atoms with van der Waals surface area (Å²) < 4.78 is 8.14. The number of carbonyl (C=O) groups excluding carboxylic acids is 2. The minimum Gasteiger partial charge on any atom is -0.469 e. The van der Waals surface area contributed by atoms with Crippen molar-refractivity contribution in [3.8, 4) is 11.1 Å². The minimum atomic E-state index is -0.101. The molecule has 2 aliphatic carbocycles. The lowest BCUT2D eigenvalue weighted by atomic mass is 9.50. The van der Waals surface area contributed by atoms with E-state index in [0.717, 1.165) is 52.6 Å². The van der Waals surface area contributed by atoms with Crippen LogP contribution in [0.4, 0.5) is 0 Å². The number of esters is 1. The zero-order valence-corrected chi connectivity index (χ0v) is 20.4. The van der Waals surface area contributed by atoms with Crippen molar-refractivity contribution in [2.45, 2.75) is 38.3 Å². The predicted molar refractivity (Wildman–Crippen MR) is 136 cm³/mol. The predicted octanol–water partition coefficient (Wildman–Crippen LogP) is 5.27. The van der Waals surface area contributed by atoms with Gasteiger partial charge in [-0.1, -0.05) is 30.3 Å². The highest BCUT2D eigenvalue weighted by Crippen LogP contribution is 2.59. The number of hydrogen-bond acceptors (Lipinski definition) is 5. The zero-order valence-electron chi connectivity index (χ0n) is 19.6. The molecule has 0 atom stereocenters. The lowest BCUT2D eigenvalue weighted by molar-refractivity contribution is -0.159. The molecule has 3 heterocycles. The number of methoxy groups -OCH3 is 1. The molecule has 0 radical (unpaired) electrons. The summed E-state index contributed by atoms with van der Waals surface area (Å²) in [7, 11) is 1.45. The largest absolute Gasteiger partial charge is 0.469 e. The van der Waals surface area contributed by atoms with Gasteiger partial charge in [-0.2, -0.15) is 0 Å². The molecule has 2 saturated carbocycles. The third-order valence-electron chi connectivity index (χ3n) is 7.62. The molecule has 2 fully saturated rings. The fourth-order valence-corrected chi connectivity index (χ4v) is 6.78. The van der Waals surface area contributed by atoms with Gasteiger partial charge in [-0.15, -0.1) is 11.3 Å². The molecule has 7 heteroatoms. The number of amides is 1. The van der Waals surface area contributed by atoms with Gasteiger partial charge in [-0.25, -0.2) is 0 Å². The zero-order chi connectivity index (χ0) is 24.0. The average molecular weight is 486 g/mol. The molecule has 0 unspecified atom stereocenters. The van der Waals surface area contributed by atoms with Crippen LogP contribution in [0.5, 0.6) is 0 Å². The Bertz CT molecular complexity index is 1380. The van der Waals surface area contributed by atoms with Crippen LogP contribution in [0, 0.1) is 11.3 Å². The first-order valence-electron chi connectivity index (χ1n) is 12.0. The summed E-state index contributed by atoms with van der Waals surface area (Å²) in [5.41, 5.74) is 5.37. The van der Waals surface area contributed by atoms with Crippen LogP contribution in [0.1, 0.15) is 41.6 Å². The molecule has 0 aliphatic heterocycles. The number of rotatable bonds is 6. The van der Waals surface area contributed by atoms with Gasteiger partial charge in [0.05, 0.1) is 28.8 Å². The summed E-state index contributed by atoms with van der Waals surface area (Å²) in [4.78, 5) is 29.0. The normalized spacial score (nSPS) is 23.0. The molecule has 35 heavy (non-hydrogen) atoms. The van der Waals surface area contributed by atoms with Crippen molar-refractivity contribution in [1.82, 2.24) is 14.9 Å². The number of nitrogens with one attached hydrogen (secondary N) is 1. The van der Waals surface area contributed by atoms with Crippen LogP contribution >= 0.6 is 11.3 Å². The maximum Gasteiger partial charge on any atom is 0.308 e. The van der Waals surface area contributed by atoms with Gasteiger partial charge in [0.15, 0.2) is 0 Å². The number of hydrogen-bond donors (Lipinski definition) is 1. The molecule has 0 bridgehead atoms. The van der Waals surface area contributed by atoms with E-state index in [1.54, 1.807) is 17.5 Å². The van der Waals surface area contributed by atoms with E-state index in [4.69, 9.17) is 4.74 Å². The summed E-state index contributed by atoms with van der Waals surface area (Å²) in [6, 6.07) is 14.8. The van der Waals surface area contributed by atoms with Crippen molar-refractivity contribution in [3.05, 3.63) is 77.6 Å². The second-order valence-corrected chi connectivity index (χ2v) is 10.9. The second kappa shape index (κ2) is 8.64. The fourth-order valence-electron chi connectivity index (χ4n) is 5.84. The number of aromatic nitrogens is 2. The SMILES string of the molecule is COC(=O)C1CC2(CC(NC(=O)c3csc4ccn(Cc5ccc(-c6cccnc6)cc5)c34)C2)C1. The summed E-state index contributed by atoms with van der Waals surface area (Å²) in [6.45, 7) is 0.704. The van der Waals surface area contributed by atoms with E-state index in [1.807, 2.05) is 17.6 Å². The standard InChI is InChI=1S/C28H27N3O3S/c1-34-27(33)21-11-28(12-21)13-22(14-28)30-26(32)23-17-35-24-8-10-31(25(23)24)16-18-4-6-19(7-5-18)20-3-2-9-29-15-20/h2-10,15,17,21-22H,11-14,16H2,1H3,(H,30,32). The average Bonchev–Trinajstić information content (AvgIpc) is 3.43. The van der Waals surface area contributed by atoms with Gasteiger partial charge in [-0.05, 0) is 59.9 Å². The van der Waals surface area contributed by atoms with Gasteiger partial charge in [0.1, 0.15) is 0 Å². The van der Waals surface area contributed by atoms with Gasteiger partial charge >= 0.3 is 5.97 Å². The van der Waals surface area contributed by atoms with E-state index in [2.05, 4.69) is 57.5 Å². The number of nitrogens with zero attached hydrogens (tertiary/aromatic N) is 2. The number of fused-ring (bicyclic) bond motifs is 1. The van der Waals surface area contributed by atoms with Gasteiger partial charge in [-0.3, -0.25) is 14.6 Å². The Kier molecular flexibility index (Phi) is 5.44. The van der Waals surface area contributed by atoms with Crippen LogP contribution in [0.25, 0.3) is 21.3 Å². The molecular formula is C28H27N3O3S. The number of carbonyl (C=O) groups is 2. The fraction of sp³-hybridized carbons (Fsp3) is 0.321. The molecule has 6 rings (SSSR count). The Labute approximate surface area is 207 Å². The highest BCUT2D eigenvalue weighted by atomic mass is 32.1. The van der Waals surface area contributed by atoms with E-state index in [9.17, 15) is 9.59 Å². The molecule has 1 aromatic carbocycles. The third kappa shape index (κ3) is 4.04. The van der Waals surface area contributed by atoms with E-state index < -0.39 is 0 Å².